The number of amides is 1. The number of aromatic nitrogens is 2. The van der Waals surface area contributed by atoms with Crippen molar-refractivity contribution in [2.45, 2.75) is 0 Å². The predicted octanol–water partition coefficient (Wildman–Crippen LogP) is 5.93. The second kappa shape index (κ2) is 7.03. The summed E-state index contributed by atoms with van der Waals surface area (Å²) in [6.07, 6.45) is 1.59. The molecule has 4 aromatic heterocycles. The van der Waals surface area contributed by atoms with Crippen LogP contribution >= 0.6 is 22.7 Å². The molecule has 4 heterocycles. The Morgan fingerprint density at radius 1 is 0.964 bits per heavy atom. The van der Waals surface area contributed by atoms with Crippen LogP contribution in [0, 0.1) is 0 Å². The number of pyridine rings is 1. The SMILES string of the molecule is O=C(Nc1nc(-c2cccs2)cs1)c1cc(-c2ccco2)nc2ccccc12. The first-order chi connectivity index (χ1) is 13.8. The van der Waals surface area contributed by atoms with Crippen LogP contribution in [-0.2, 0) is 0 Å². The monoisotopic (exact) mass is 403 g/mol. The summed E-state index contributed by atoms with van der Waals surface area (Å²) in [5.74, 6) is 0.396. The minimum Gasteiger partial charge on any atom is -0.463 e. The largest absolute Gasteiger partial charge is 0.463 e. The van der Waals surface area contributed by atoms with E-state index in [0.717, 1.165) is 21.5 Å². The Morgan fingerprint density at radius 3 is 2.71 bits per heavy atom. The average molecular weight is 403 g/mol. The molecule has 28 heavy (non-hydrogen) atoms. The summed E-state index contributed by atoms with van der Waals surface area (Å²) in [6.45, 7) is 0. The minimum absolute atomic E-state index is 0.224. The molecule has 1 N–H and O–H groups in total. The van der Waals surface area contributed by atoms with E-state index in [9.17, 15) is 4.79 Å². The zero-order valence-electron chi connectivity index (χ0n) is 14.5. The van der Waals surface area contributed by atoms with Crippen molar-refractivity contribution in [2.75, 3.05) is 5.32 Å². The summed E-state index contributed by atoms with van der Waals surface area (Å²) in [7, 11) is 0. The molecule has 136 valence electrons. The van der Waals surface area contributed by atoms with Gasteiger partial charge < -0.3 is 4.42 Å². The second-order valence-electron chi connectivity index (χ2n) is 6.02. The number of anilines is 1. The molecule has 0 radical (unpaired) electrons. The van der Waals surface area contributed by atoms with Crippen LogP contribution in [0.25, 0.3) is 32.9 Å². The third-order valence-electron chi connectivity index (χ3n) is 4.23. The molecule has 0 aliphatic rings. The van der Waals surface area contributed by atoms with Crippen molar-refractivity contribution in [1.29, 1.82) is 0 Å². The highest BCUT2D eigenvalue weighted by molar-refractivity contribution is 7.16. The Labute approximate surface area is 168 Å². The molecule has 5 aromatic rings. The summed E-state index contributed by atoms with van der Waals surface area (Å²) in [5.41, 5.74) is 2.75. The Kier molecular flexibility index (Phi) is 4.23. The molecule has 5 nitrogen and oxygen atoms in total. The number of carbonyl (C=O) groups excluding carboxylic acids is 1. The number of para-hydroxylation sites is 1. The summed E-state index contributed by atoms with van der Waals surface area (Å²) in [4.78, 5) is 23.3. The number of carbonyl (C=O) groups is 1. The molecule has 0 unspecified atom stereocenters. The van der Waals surface area contributed by atoms with Gasteiger partial charge in [0.1, 0.15) is 5.69 Å². The molecule has 0 aliphatic heterocycles. The number of hydrogen-bond donors (Lipinski definition) is 1. The van der Waals surface area contributed by atoms with Gasteiger partial charge in [0, 0.05) is 10.8 Å². The Morgan fingerprint density at radius 2 is 1.89 bits per heavy atom. The van der Waals surface area contributed by atoms with E-state index in [1.165, 1.54) is 11.3 Å². The lowest BCUT2D eigenvalue weighted by atomic mass is 10.1. The average Bonchev–Trinajstić information content (AvgIpc) is 3.49. The van der Waals surface area contributed by atoms with Gasteiger partial charge in [-0.2, -0.15) is 0 Å². The maximum Gasteiger partial charge on any atom is 0.258 e. The maximum atomic E-state index is 13.0. The van der Waals surface area contributed by atoms with Crippen LogP contribution in [0.3, 0.4) is 0 Å². The molecule has 1 amide bonds. The van der Waals surface area contributed by atoms with Gasteiger partial charge in [0.25, 0.3) is 5.91 Å². The van der Waals surface area contributed by atoms with Gasteiger partial charge in [-0.15, -0.1) is 22.7 Å². The second-order valence-corrected chi connectivity index (χ2v) is 7.82. The third-order valence-corrected chi connectivity index (χ3v) is 5.88. The summed E-state index contributed by atoms with van der Waals surface area (Å²) >= 11 is 3.03. The number of furan rings is 1. The topological polar surface area (TPSA) is 68.0 Å². The maximum absolute atomic E-state index is 13.0. The molecule has 0 atom stereocenters. The summed E-state index contributed by atoms with van der Waals surface area (Å²) in [5, 5.41) is 8.22. The number of fused-ring (bicyclic) bond motifs is 1. The van der Waals surface area contributed by atoms with Gasteiger partial charge in [0.05, 0.1) is 27.9 Å². The first-order valence-electron chi connectivity index (χ1n) is 8.52. The molecule has 0 spiro atoms. The van der Waals surface area contributed by atoms with Gasteiger partial charge in [-0.1, -0.05) is 24.3 Å². The lowest BCUT2D eigenvalue weighted by molar-refractivity contribution is 0.102. The van der Waals surface area contributed by atoms with Gasteiger partial charge in [0.2, 0.25) is 0 Å². The smallest absolute Gasteiger partial charge is 0.258 e. The van der Waals surface area contributed by atoms with E-state index in [0.29, 0.717) is 22.1 Å². The number of thiazole rings is 1. The highest BCUT2D eigenvalue weighted by atomic mass is 32.1. The van der Waals surface area contributed by atoms with Crippen LogP contribution in [0.5, 0.6) is 0 Å². The van der Waals surface area contributed by atoms with Gasteiger partial charge in [0.15, 0.2) is 10.9 Å². The molecule has 0 saturated carbocycles. The lowest BCUT2D eigenvalue weighted by Gasteiger charge is -2.08. The molecule has 0 fully saturated rings. The minimum atomic E-state index is -0.224. The van der Waals surface area contributed by atoms with Crippen molar-refractivity contribution in [3.05, 3.63) is 77.2 Å². The fourth-order valence-electron chi connectivity index (χ4n) is 2.95. The normalized spacial score (nSPS) is 11.0. The quantitative estimate of drug-likeness (QED) is 0.404. The van der Waals surface area contributed by atoms with Crippen molar-refractivity contribution < 1.29 is 9.21 Å². The Hall–Kier alpha value is -3.29. The van der Waals surface area contributed by atoms with Crippen LogP contribution in [0.15, 0.2) is 76.0 Å². The van der Waals surface area contributed by atoms with Crippen molar-refractivity contribution >= 4 is 44.6 Å². The van der Waals surface area contributed by atoms with Crippen molar-refractivity contribution in [2.24, 2.45) is 0 Å². The molecular weight excluding hydrogens is 390 g/mol. The third kappa shape index (κ3) is 3.11. The number of thiophene rings is 1. The lowest BCUT2D eigenvalue weighted by Crippen LogP contribution is -2.13. The highest BCUT2D eigenvalue weighted by Crippen LogP contribution is 2.30. The zero-order chi connectivity index (χ0) is 18.9. The summed E-state index contributed by atoms with van der Waals surface area (Å²) in [6, 6.07) is 16.9. The molecule has 5 rings (SSSR count). The van der Waals surface area contributed by atoms with E-state index in [2.05, 4.69) is 15.3 Å². The van der Waals surface area contributed by atoms with Crippen molar-refractivity contribution in [3.8, 4) is 22.0 Å². The number of hydrogen-bond acceptors (Lipinski definition) is 6. The van der Waals surface area contributed by atoms with Gasteiger partial charge in [-0.25, -0.2) is 9.97 Å². The molecule has 7 heteroatoms. The summed E-state index contributed by atoms with van der Waals surface area (Å²) < 4.78 is 5.46. The van der Waals surface area contributed by atoms with Crippen LogP contribution in [0.2, 0.25) is 0 Å². The van der Waals surface area contributed by atoms with Gasteiger partial charge >= 0.3 is 0 Å². The van der Waals surface area contributed by atoms with E-state index < -0.39 is 0 Å². The van der Waals surface area contributed by atoms with Gasteiger partial charge in [-0.05, 0) is 35.7 Å². The number of nitrogens with zero attached hydrogens (tertiary/aromatic N) is 2. The fourth-order valence-corrected chi connectivity index (χ4v) is 4.41. The first-order valence-corrected chi connectivity index (χ1v) is 10.3. The van der Waals surface area contributed by atoms with E-state index in [1.54, 1.807) is 29.7 Å². The number of nitrogens with one attached hydrogen (secondary N) is 1. The highest BCUT2D eigenvalue weighted by Gasteiger charge is 2.16. The zero-order valence-corrected chi connectivity index (χ0v) is 16.1. The molecule has 0 aliphatic carbocycles. The van der Waals surface area contributed by atoms with Crippen LogP contribution < -0.4 is 5.32 Å². The van der Waals surface area contributed by atoms with E-state index in [-0.39, 0.29) is 5.91 Å². The molecule has 1 aromatic carbocycles. The van der Waals surface area contributed by atoms with E-state index >= 15 is 0 Å². The van der Waals surface area contributed by atoms with Crippen LogP contribution in [0.4, 0.5) is 5.13 Å². The molecular formula is C21H13N3O2S2. The van der Waals surface area contributed by atoms with Crippen LogP contribution in [0.1, 0.15) is 10.4 Å². The Bertz CT molecular complexity index is 1260. The Balaban J connectivity index is 1.52. The van der Waals surface area contributed by atoms with Crippen molar-refractivity contribution in [3.63, 3.8) is 0 Å². The standard InChI is InChI=1S/C21H13N3O2S2/c25-20(24-21-23-17(12-28-21)19-8-4-10-27-19)14-11-16(18-7-3-9-26-18)22-15-6-2-1-5-13(14)15/h1-12H,(H,23,24,25). The predicted molar refractivity (Wildman–Crippen MR) is 113 cm³/mol. The fraction of sp³-hybridized carbons (Fsp3) is 0. The molecule has 0 bridgehead atoms. The van der Waals surface area contributed by atoms with E-state index in [1.807, 2.05) is 53.2 Å². The van der Waals surface area contributed by atoms with Gasteiger partial charge in [-0.3, -0.25) is 10.1 Å². The van der Waals surface area contributed by atoms with Crippen LogP contribution in [-0.4, -0.2) is 15.9 Å². The number of rotatable bonds is 4. The van der Waals surface area contributed by atoms with E-state index in [4.69, 9.17) is 4.42 Å². The number of benzene rings is 1. The molecule has 0 saturated heterocycles. The van der Waals surface area contributed by atoms with Crippen molar-refractivity contribution in [1.82, 2.24) is 9.97 Å². The first kappa shape index (κ1) is 16.9.